The van der Waals surface area contributed by atoms with Crippen molar-refractivity contribution in [3.63, 3.8) is 0 Å². The van der Waals surface area contributed by atoms with Crippen molar-refractivity contribution in [1.82, 2.24) is 5.32 Å². The molecule has 0 saturated heterocycles. The SMILES string of the molecule is O=C(CCC(=O)c1ccc(F)cc1)NC(CCO)C1CC1. The number of ketones is 1. The van der Waals surface area contributed by atoms with Crippen molar-refractivity contribution in [2.24, 2.45) is 5.92 Å². The molecule has 0 radical (unpaired) electrons. The molecule has 0 heterocycles. The van der Waals surface area contributed by atoms with Crippen LogP contribution in [-0.4, -0.2) is 29.4 Å². The molecule has 114 valence electrons. The smallest absolute Gasteiger partial charge is 0.220 e. The zero-order valence-corrected chi connectivity index (χ0v) is 11.8. The number of amides is 1. The number of benzene rings is 1. The number of aliphatic hydroxyl groups is 1. The maximum Gasteiger partial charge on any atom is 0.220 e. The van der Waals surface area contributed by atoms with Crippen LogP contribution in [0, 0.1) is 11.7 Å². The van der Waals surface area contributed by atoms with Gasteiger partial charge >= 0.3 is 0 Å². The molecule has 1 amide bonds. The van der Waals surface area contributed by atoms with Crippen LogP contribution in [0.5, 0.6) is 0 Å². The van der Waals surface area contributed by atoms with Gasteiger partial charge in [-0.05, 0) is 49.4 Å². The Morgan fingerprint density at radius 3 is 2.48 bits per heavy atom. The average Bonchev–Trinajstić information content (AvgIpc) is 3.29. The van der Waals surface area contributed by atoms with Crippen LogP contribution in [-0.2, 0) is 4.79 Å². The number of aliphatic hydroxyl groups excluding tert-OH is 1. The van der Waals surface area contributed by atoms with E-state index in [0.29, 0.717) is 17.9 Å². The Labute approximate surface area is 123 Å². The summed E-state index contributed by atoms with van der Waals surface area (Å²) >= 11 is 0. The van der Waals surface area contributed by atoms with E-state index in [9.17, 15) is 14.0 Å². The van der Waals surface area contributed by atoms with Crippen LogP contribution >= 0.6 is 0 Å². The van der Waals surface area contributed by atoms with E-state index in [0.717, 1.165) is 12.8 Å². The number of carbonyl (C=O) groups is 2. The summed E-state index contributed by atoms with van der Waals surface area (Å²) in [6.07, 6.45) is 2.94. The van der Waals surface area contributed by atoms with E-state index in [4.69, 9.17) is 5.11 Å². The molecule has 0 bridgehead atoms. The predicted molar refractivity (Wildman–Crippen MR) is 76.3 cm³/mol. The third-order valence-electron chi connectivity index (χ3n) is 3.72. The fraction of sp³-hybridized carbons (Fsp3) is 0.500. The number of hydrogen-bond donors (Lipinski definition) is 2. The molecule has 4 nitrogen and oxygen atoms in total. The van der Waals surface area contributed by atoms with Crippen LogP contribution in [0.2, 0.25) is 0 Å². The van der Waals surface area contributed by atoms with Gasteiger partial charge in [0.2, 0.25) is 5.91 Å². The standard InChI is InChI=1S/C16H20FNO3/c17-13-5-3-12(4-6-13)15(20)7-8-16(21)18-14(9-10-19)11-1-2-11/h3-6,11,14,19H,1-2,7-10H2,(H,18,21). The molecule has 1 fully saturated rings. The van der Waals surface area contributed by atoms with Gasteiger partial charge in [0.05, 0.1) is 0 Å². The van der Waals surface area contributed by atoms with Crippen LogP contribution in [0.3, 0.4) is 0 Å². The third kappa shape index (κ3) is 4.93. The first-order valence-corrected chi connectivity index (χ1v) is 7.29. The van der Waals surface area contributed by atoms with Crippen LogP contribution in [0.4, 0.5) is 4.39 Å². The molecule has 1 aromatic carbocycles. The highest BCUT2D eigenvalue weighted by molar-refractivity contribution is 5.97. The van der Waals surface area contributed by atoms with Gasteiger partial charge in [0.1, 0.15) is 5.82 Å². The summed E-state index contributed by atoms with van der Waals surface area (Å²) in [5.41, 5.74) is 0.415. The van der Waals surface area contributed by atoms with Crippen molar-refractivity contribution in [1.29, 1.82) is 0 Å². The third-order valence-corrected chi connectivity index (χ3v) is 3.72. The average molecular weight is 293 g/mol. The molecular formula is C16H20FNO3. The van der Waals surface area contributed by atoms with Gasteiger partial charge in [0.15, 0.2) is 5.78 Å². The molecule has 1 aliphatic rings. The lowest BCUT2D eigenvalue weighted by Crippen LogP contribution is -2.37. The second kappa shape index (κ2) is 7.31. The van der Waals surface area contributed by atoms with Gasteiger partial charge in [-0.1, -0.05) is 0 Å². The minimum absolute atomic E-state index is 0.0171. The lowest BCUT2D eigenvalue weighted by Gasteiger charge is -2.16. The maximum atomic E-state index is 12.8. The molecule has 1 unspecified atom stereocenters. The Morgan fingerprint density at radius 2 is 1.90 bits per heavy atom. The summed E-state index contributed by atoms with van der Waals surface area (Å²) in [5, 5.41) is 11.9. The summed E-state index contributed by atoms with van der Waals surface area (Å²) in [7, 11) is 0. The monoisotopic (exact) mass is 293 g/mol. The topological polar surface area (TPSA) is 66.4 Å². The van der Waals surface area contributed by atoms with Gasteiger partial charge in [-0.15, -0.1) is 0 Å². The van der Waals surface area contributed by atoms with Crippen LogP contribution < -0.4 is 5.32 Å². The molecule has 1 aromatic rings. The molecule has 0 aromatic heterocycles. The first-order chi connectivity index (χ1) is 10.1. The summed E-state index contributed by atoms with van der Waals surface area (Å²) in [6.45, 7) is 0.0515. The van der Waals surface area contributed by atoms with E-state index in [2.05, 4.69) is 5.32 Å². The maximum absolute atomic E-state index is 12.8. The zero-order valence-electron chi connectivity index (χ0n) is 11.8. The second-order valence-electron chi connectivity index (χ2n) is 5.45. The molecule has 1 aliphatic carbocycles. The number of hydrogen-bond acceptors (Lipinski definition) is 3. The molecule has 2 N–H and O–H groups in total. The molecular weight excluding hydrogens is 273 g/mol. The molecule has 5 heteroatoms. The van der Waals surface area contributed by atoms with E-state index < -0.39 is 0 Å². The summed E-state index contributed by atoms with van der Waals surface area (Å²) in [4.78, 5) is 23.7. The minimum atomic E-state index is -0.388. The van der Waals surface area contributed by atoms with E-state index in [1.165, 1.54) is 24.3 Å². The van der Waals surface area contributed by atoms with Gasteiger partial charge < -0.3 is 10.4 Å². The normalized spacial score (nSPS) is 15.5. The van der Waals surface area contributed by atoms with Gasteiger partial charge in [-0.25, -0.2) is 4.39 Å². The Kier molecular flexibility index (Phi) is 5.44. The Bertz CT molecular complexity index is 497. The lowest BCUT2D eigenvalue weighted by atomic mass is 10.1. The molecule has 21 heavy (non-hydrogen) atoms. The Morgan fingerprint density at radius 1 is 1.24 bits per heavy atom. The summed E-state index contributed by atoms with van der Waals surface area (Å²) in [5.74, 6) is -0.263. The quantitative estimate of drug-likeness (QED) is 0.721. The number of halogens is 1. The van der Waals surface area contributed by atoms with Crippen molar-refractivity contribution in [2.45, 2.75) is 38.1 Å². The van der Waals surface area contributed by atoms with E-state index in [1.54, 1.807) is 0 Å². The first kappa shape index (κ1) is 15.6. The molecule has 0 spiro atoms. The van der Waals surface area contributed by atoms with Gasteiger partial charge in [0, 0.05) is 31.1 Å². The fourth-order valence-corrected chi connectivity index (χ4v) is 2.35. The lowest BCUT2D eigenvalue weighted by molar-refractivity contribution is -0.122. The zero-order chi connectivity index (χ0) is 15.2. The first-order valence-electron chi connectivity index (χ1n) is 7.29. The Balaban J connectivity index is 1.77. The summed E-state index contributed by atoms with van der Waals surface area (Å²) < 4.78 is 12.8. The van der Waals surface area contributed by atoms with Crippen molar-refractivity contribution in [2.75, 3.05) is 6.61 Å². The molecule has 1 saturated carbocycles. The van der Waals surface area contributed by atoms with Gasteiger partial charge in [-0.2, -0.15) is 0 Å². The van der Waals surface area contributed by atoms with Crippen molar-refractivity contribution < 1.29 is 19.1 Å². The highest BCUT2D eigenvalue weighted by atomic mass is 19.1. The number of nitrogens with one attached hydrogen (secondary N) is 1. The van der Waals surface area contributed by atoms with Crippen molar-refractivity contribution in [3.8, 4) is 0 Å². The summed E-state index contributed by atoms with van der Waals surface area (Å²) in [6, 6.07) is 5.33. The van der Waals surface area contributed by atoms with Crippen molar-refractivity contribution in [3.05, 3.63) is 35.6 Å². The fourth-order valence-electron chi connectivity index (χ4n) is 2.35. The number of carbonyl (C=O) groups excluding carboxylic acids is 2. The molecule has 1 atom stereocenters. The predicted octanol–water partition coefficient (Wildman–Crippen LogP) is 2.07. The largest absolute Gasteiger partial charge is 0.396 e. The molecule has 2 rings (SSSR count). The number of Topliss-reactive ketones (excluding diaryl/α,β-unsaturated/α-hetero) is 1. The Hall–Kier alpha value is -1.75. The van der Waals surface area contributed by atoms with Crippen molar-refractivity contribution >= 4 is 11.7 Å². The highest BCUT2D eigenvalue weighted by Crippen LogP contribution is 2.33. The van der Waals surface area contributed by atoms with Crippen LogP contribution in [0.25, 0.3) is 0 Å². The van der Waals surface area contributed by atoms with Gasteiger partial charge in [0.25, 0.3) is 0 Å². The van der Waals surface area contributed by atoms with Crippen LogP contribution in [0.1, 0.15) is 42.5 Å². The number of rotatable bonds is 8. The minimum Gasteiger partial charge on any atom is -0.396 e. The van der Waals surface area contributed by atoms with E-state index in [-0.39, 0.29) is 43.0 Å². The highest BCUT2D eigenvalue weighted by Gasteiger charge is 2.31. The second-order valence-corrected chi connectivity index (χ2v) is 5.45. The van der Waals surface area contributed by atoms with Crippen LogP contribution in [0.15, 0.2) is 24.3 Å². The van der Waals surface area contributed by atoms with Gasteiger partial charge in [-0.3, -0.25) is 9.59 Å². The molecule has 0 aliphatic heterocycles. The van der Waals surface area contributed by atoms with E-state index >= 15 is 0 Å². The van der Waals surface area contributed by atoms with E-state index in [1.807, 2.05) is 0 Å².